The topological polar surface area (TPSA) is 81.7 Å². The van der Waals surface area contributed by atoms with Crippen LogP contribution < -0.4 is 9.46 Å². The van der Waals surface area contributed by atoms with E-state index in [1.165, 1.54) is 19.2 Å². The maximum atomic E-state index is 12.3. The van der Waals surface area contributed by atoms with Crippen molar-refractivity contribution in [1.29, 1.82) is 0 Å². The van der Waals surface area contributed by atoms with Crippen LogP contribution in [0.5, 0.6) is 5.75 Å². The number of nitrogens with one attached hydrogen (secondary N) is 1. The van der Waals surface area contributed by atoms with Crippen LogP contribution in [0, 0.1) is 6.92 Å². The Labute approximate surface area is 141 Å². The first kappa shape index (κ1) is 18.0. The number of ether oxygens (including phenoxy) is 2. The van der Waals surface area contributed by atoms with Gasteiger partial charge in [-0.15, -0.1) is 0 Å². The average Bonchev–Trinajstić information content (AvgIpc) is 2.59. The van der Waals surface area contributed by atoms with E-state index in [4.69, 9.17) is 4.74 Å². The Morgan fingerprint density at radius 3 is 2.50 bits per heavy atom. The fourth-order valence-corrected chi connectivity index (χ4v) is 3.08. The molecule has 1 N–H and O–H groups in total. The molecule has 2 aromatic rings. The van der Waals surface area contributed by atoms with Crippen molar-refractivity contribution in [2.45, 2.75) is 11.8 Å². The maximum Gasteiger partial charge on any atom is 0.338 e. The Bertz CT molecular complexity index is 803. The maximum absolute atomic E-state index is 12.3. The SMILES string of the molecule is COC(=O)c1cc(S(=O)(=O)NCCOc2ccccc2)ccc1C. The van der Waals surface area contributed by atoms with E-state index in [1.54, 1.807) is 25.1 Å². The number of carbonyl (C=O) groups is 1. The Balaban J connectivity index is 2.01. The smallest absolute Gasteiger partial charge is 0.338 e. The molecule has 6 nitrogen and oxygen atoms in total. The van der Waals surface area contributed by atoms with Crippen molar-refractivity contribution in [3.63, 3.8) is 0 Å². The van der Waals surface area contributed by atoms with Crippen LogP contribution in [0.1, 0.15) is 15.9 Å². The van der Waals surface area contributed by atoms with Crippen molar-refractivity contribution in [1.82, 2.24) is 4.72 Å². The van der Waals surface area contributed by atoms with Gasteiger partial charge in [-0.05, 0) is 36.8 Å². The monoisotopic (exact) mass is 349 g/mol. The van der Waals surface area contributed by atoms with E-state index in [-0.39, 0.29) is 23.6 Å². The molecular formula is C17H19NO5S. The number of methoxy groups -OCH3 is 1. The Hall–Kier alpha value is -2.38. The lowest BCUT2D eigenvalue weighted by atomic mass is 10.1. The predicted molar refractivity (Wildman–Crippen MR) is 89.6 cm³/mol. The van der Waals surface area contributed by atoms with Crippen molar-refractivity contribution in [3.05, 3.63) is 59.7 Å². The molecular weight excluding hydrogens is 330 g/mol. The van der Waals surface area contributed by atoms with Crippen LogP contribution >= 0.6 is 0 Å². The van der Waals surface area contributed by atoms with Gasteiger partial charge in [0.1, 0.15) is 12.4 Å². The van der Waals surface area contributed by atoms with E-state index in [9.17, 15) is 13.2 Å². The molecule has 24 heavy (non-hydrogen) atoms. The minimum Gasteiger partial charge on any atom is -0.492 e. The summed E-state index contributed by atoms with van der Waals surface area (Å²) in [7, 11) is -2.48. The molecule has 0 aliphatic rings. The fraction of sp³-hybridized carbons (Fsp3) is 0.235. The van der Waals surface area contributed by atoms with Gasteiger partial charge < -0.3 is 9.47 Å². The second-order valence-electron chi connectivity index (χ2n) is 5.03. The molecule has 0 fully saturated rings. The first-order chi connectivity index (χ1) is 11.4. The van der Waals surface area contributed by atoms with Gasteiger partial charge in [0, 0.05) is 6.54 Å². The van der Waals surface area contributed by atoms with Gasteiger partial charge in [0.25, 0.3) is 0 Å². The highest BCUT2D eigenvalue weighted by atomic mass is 32.2. The number of carbonyl (C=O) groups excluding carboxylic acids is 1. The molecule has 0 unspecified atom stereocenters. The molecule has 0 saturated heterocycles. The van der Waals surface area contributed by atoms with Crippen molar-refractivity contribution in [2.24, 2.45) is 0 Å². The van der Waals surface area contributed by atoms with Crippen molar-refractivity contribution in [3.8, 4) is 5.75 Å². The van der Waals surface area contributed by atoms with E-state index in [2.05, 4.69) is 9.46 Å². The van der Waals surface area contributed by atoms with Gasteiger partial charge in [-0.3, -0.25) is 0 Å². The lowest BCUT2D eigenvalue weighted by Gasteiger charge is -2.10. The number of hydrogen-bond acceptors (Lipinski definition) is 5. The molecule has 0 spiro atoms. The summed E-state index contributed by atoms with van der Waals surface area (Å²) >= 11 is 0. The van der Waals surface area contributed by atoms with Crippen LogP contribution in [-0.2, 0) is 14.8 Å². The summed E-state index contributed by atoms with van der Waals surface area (Å²) in [6.07, 6.45) is 0. The van der Waals surface area contributed by atoms with Crippen molar-refractivity contribution in [2.75, 3.05) is 20.3 Å². The number of hydrogen-bond donors (Lipinski definition) is 1. The normalized spacial score (nSPS) is 11.1. The highest BCUT2D eigenvalue weighted by Crippen LogP contribution is 2.16. The molecule has 0 radical (unpaired) electrons. The summed E-state index contributed by atoms with van der Waals surface area (Å²) < 4.78 is 37.1. The Morgan fingerprint density at radius 2 is 1.83 bits per heavy atom. The van der Waals surface area contributed by atoms with Gasteiger partial charge >= 0.3 is 5.97 Å². The lowest BCUT2D eigenvalue weighted by molar-refractivity contribution is 0.0599. The lowest BCUT2D eigenvalue weighted by Crippen LogP contribution is -2.28. The number of aryl methyl sites for hydroxylation is 1. The van der Waals surface area contributed by atoms with Crippen LogP contribution in [-0.4, -0.2) is 34.6 Å². The Kier molecular flexibility index (Phi) is 5.94. The van der Waals surface area contributed by atoms with Crippen molar-refractivity contribution < 1.29 is 22.7 Å². The zero-order chi connectivity index (χ0) is 17.6. The second kappa shape index (κ2) is 7.94. The van der Waals surface area contributed by atoms with Crippen molar-refractivity contribution >= 4 is 16.0 Å². The van der Waals surface area contributed by atoms with Gasteiger partial charge in [0.05, 0.1) is 17.6 Å². The van der Waals surface area contributed by atoms with Gasteiger partial charge in [-0.25, -0.2) is 17.9 Å². The molecule has 0 saturated carbocycles. The van der Waals surface area contributed by atoms with E-state index in [0.717, 1.165) is 0 Å². The van der Waals surface area contributed by atoms with Gasteiger partial charge in [0.2, 0.25) is 10.0 Å². The summed E-state index contributed by atoms with van der Waals surface area (Å²) in [5, 5.41) is 0. The zero-order valence-corrected chi connectivity index (χ0v) is 14.3. The van der Waals surface area contributed by atoms with Crippen LogP contribution in [0.4, 0.5) is 0 Å². The van der Waals surface area contributed by atoms with Crippen LogP contribution in [0.25, 0.3) is 0 Å². The average molecular weight is 349 g/mol. The summed E-state index contributed by atoms with van der Waals surface area (Å²) in [5.74, 6) is 0.0944. The van der Waals surface area contributed by atoms with E-state index in [1.807, 2.05) is 18.2 Å². The molecule has 0 aliphatic carbocycles. The minimum atomic E-state index is -3.73. The molecule has 0 bridgehead atoms. The molecule has 0 heterocycles. The molecule has 128 valence electrons. The minimum absolute atomic E-state index is 0.00760. The molecule has 0 aliphatic heterocycles. The third-order valence-electron chi connectivity index (χ3n) is 3.33. The molecule has 0 atom stereocenters. The summed E-state index contributed by atoms with van der Waals surface area (Å²) in [5.41, 5.74) is 0.870. The van der Waals surface area contributed by atoms with E-state index < -0.39 is 16.0 Å². The second-order valence-corrected chi connectivity index (χ2v) is 6.79. The van der Waals surface area contributed by atoms with E-state index >= 15 is 0 Å². The van der Waals surface area contributed by atoms with Crippen LogP contribution in [0.15, 0.2) is 53.4 Å². The number of esters is 1. The first-order valence-corrected chi connectivity index (χ1v) is 8.79. The van der Waals surface area contributed by atoms with E-state index in [0.29, 0.717) is 11.3 Å². The van der Waals surface area contributed by atoms with Gasteiger partial charge in [0.15, 0.2) is 0 Å². The third-order valence-corrected chi connectivity index (χ3v) is 4.79. The molecule has 0 amide bonds. The first-order valence-electron chi connectivity index (χ1n) is 7.30. The highest BCUT2D eigenvalue weighted by molar-refractivity contribution is 7.89. The highest BCUT2D eigenvalue weighted by Gasteiger charge is 2.18. The summed E-state index contributed by atoms with van der Waals surface area (Å²) in [4.78, 5) is 11.7. The zero-order valence-electron chi connectivity index (χ0n) is 13.5. The largest absolute Gasteiger partial charge is 0.492 e. The number of sulfonamides is 1. The van der Waals surface area contributed by atoms with Crippen LogP contribution in [0.2, 0.25) is 0 Å². The molecule has 0 aromatic heterocycles. The van der Waals surface area contributed by atoms with Gasteiger partial charge in [-0.2, -0.15) is 0 Å². The number of rotatable bonds is 7. The quantitative estimate of drug-likeness (QED) is 0.612. The fourth-order valence-electron chi connectivity index (χ4n) is 2.04. The standard InChI is InChI=1S/C17H19NO5S/c1-13-8-9-15(12-16(13)17(19)22-2)24(20,21)18-10-11-23-14-6-4-3-5-7-14/h3-9,12,18H,10-11H2,1-2H3. The summed E-state index contributed by atoms with van der Waals surface area (Å²) in [6.45, 7) is 2.02. The molecule has 2 aromatic carbocycles. The van der Waals surface area contributed by atoms with Gasteiger partial charge in [-0.1, -0.05) is 24.3 Å². The predicted octanol–water partition coefficient (Wildman–Crippen LogP) is 2.14. The number of benzene rings is 2. The van der Waals surface area contributed by atoms with Crippen LogP contribution in [0.3, 0.4) is 0 Å². The molecule has 7 heteroatoms. The number of para-hydroxylation sites is 1. The Morgan fingerprint density at radius 1 is 1.12 bits per heavy atom. The molecule has 2 rings (SSSR count). The summed E-state index contributed by atoms with van der Waals surface area (Å²) in [6, 6.07) is 13.4. The third kappa shape index (κ3) is 4.56.